The first-order chi connectivity index (χ1) is 7.91. The van der Waals surface area contributed by atoms with E-state index >= 15 is 0 Å². The molecule has 0 spiro atoms. The SMILES string of the molecule is CC(N)CCCCN1CCSCC1S(C)(=O)=O. The molecule has 0 aromatic carbocycles. The summed E-state index contributed by atoms with van der Waals surface area (Å²) in [6.45, 7) is 3.78. The molecular weight excluding hydrogens is 256 g/mol. The molecule has 2 unspecified atom stereocenters. The van der Waals surface area contributed by atoms with E-state index in [-0.39, 0.29) is 11.4 Å². The van der Waals surface area contributed by atoms with Crippen LogP contribution >= 0.6 is 11.8 Å². The summed E-state index contributed by atoms with van der Waals surface area (Å²) in [6.07, 6.45) is 4.49. The van der Waals surface area contributed by atoms with Crippen molar-refractivity contribution in [3.8, 4) is 0 Å². The molecule has 0 aromatic rings. The van der Waals surface area contributed by atoms with Crippen molar-refractivity contribution >= 4 is 21.6 Å². The summed E-state index contributed by atoms with van der Waals surface area (Å²) in [6, 6.07) is 0.248. The summed E-state index contributed by atoms with van der Waals surface area (Å²) < 4.78 is 23.3. The molecule has 0 radical (unpaired) electrons. The van der Waals surface area contributed by atoms with Crippen LogP contribution in [-0.2, 0) is 9.84 Å². The zero-order valence-corrected chi connectivity index (χ0v) is 12.4. The summed E-state index contributed by atoms with van der Waals surface area (Å²) in [4.78, 5) is 2.12. The normalized spacial score (nSPS) is 24.8. The number of hydrogen-bond donors (Lipinski definition) is 1. The van der Waals surface area contributed by atoms with Crippen molar-refractivity contribution in [2.45, 2.75) is 37.6 Å². The van der Waals surface area contributed by atoms with Gasteiger partial charge >= 0.3 is 0 Å². The Morgan fingerprint density at radius 2 is 2.18 bits per heavy atom. The van der Waals surface area contributed by atoms with Gasteiger partial charge in [0.05, 0.1) is 0 Å². The zero-order chi connectivity index (χ0) is 12.9. The van der Waals surface area contributed by atoms with E-state index in [0.717, 1.165) is 38.1 Å². The molecule has 0 aliphatic carbocycles. The first-order valence-corrected chi connectivity index (χ1v) is 9.28. The molecule has 0 amide bonds. The second-order valence-corrected chi connectivity index (χ2v) is 8.22. The van der Waals surface area contributed by atoms with E-state index < -0.39 is 9.84 Å². The Morgan fingerprint density at radius 1 is 1.47 bits per heavy atom. The van der Waals surface area contributed by atoms with Gasteiger partial charge in [0.2, 0.25) is 0 Å². The molecule has 4 nitrogen and oxygen atoms in total. The first-order valence-electron chi connectivity index (χ1n) is 6.17. The van der Waals surface area contributed by atoms with Crippen LogP contribution < -0.4 is 5.73 Å². The first kappa shape index (κ1) is 15.3. The number of nitrogens with zero attached hydrogens (tertiary/aromatic N) is 1. The van der Waals surface area contributed by atoms with Gasteiger partial charge < -0.3 is 5.73 Å². The molecule has 0 saturated carbocycles. The third-order valence-electron chi connectivity index (χ3n) is 3.04. The predicted molar refractivity (Wildman–Crippen MR) is 75.0 cm³/mol. The molecule has 1 rings (SSSR count). The third-order valence-corrected chi connectivity index (χ3v) is 5.73. The number of rotatable bonds is 6. The maximum atomic E-state index is 11.7. The van der Waals surface area contributed by atoms with Crippen LogP contribution in [0.2, 0.25) is 0 Å². The second kappa shape index (κ2) is 6.97. The fourth-order valence-corrected chi connectivity index (χ4v) is 5.02. The molecule has 0 bridgehead atoms. The van der Waals surface area contributed by atoms with E-state index in [4.69, 9.17) is 5.73 Å². The van der Waals surface area contributed by atoms with Gasteiger partial charge in [0.15, 0.2) is 9.84 Å². The van der Waals surface area contributed by atoms with Gasteiger partial charge in [0, 0.05) is 30.3 Å². The molecule has 1 aliphatic heterocycles. The Kier molecular flexibility index (Phi) is 6.26. The Balaban J connectivity index is 2.38. The molecule has 1 fully saturated rings. The van der Waals surface area contributed by atoms with E-state index in [1.54, 1.807) is 11.8 Å². The molecule has 1 heterocycles. The second-order valence-electron chi connectivity index (χ2n) is 4.87. The van der Waals surface area contributed by atoms with Gasteiger partial charge in [-0.3, -0.25) is 4.90 Å². The summed E-state index contributed by atoms with van der Waals surface area (Å²) in [5, 5.41) is -0.281. The van der Waals surface area contributed by atoms with Crippen LogP contribution in [0.1, 0.15) is 26.2 Å². The summed E-state index contributed by atoms with van der Waals surface area (Å²) in [5.41, 5.74) is 5.70. The van der Waals surface area contributed by atoms with E-state index in [1.807, 2.05) is 6.92 Å². The Labute approximate surface area is 109 Å². The lowest BCUT2D eigenvalue weighted by molar-refractivity contribution is 0.263. The van der Waals surface area contributed by atoms with Gasteiger partial charge in [-0.1, -0.05) is 6.42 Å². The van der Waals surface area contributed by atoms with Crippen molar-refractivity contribution in [1.82, 2.24) is 4.90 Å². The maximum Gasteiger partial charge on any atom is 0.164 e. The topological polar surface area (TPSA) is 63.4 Å². The number of sulfone groups is 1. The van der Waals surface area contributed by atoms with E-state index in [2.05, 4.69) is 4.90 Å². The van der Waals surface area contributed by atoms with Crippen molar-refractivity contribution in [2.75, 3.05) is 30.9 Å². The highest BCUT2D eigenvalue weighted by molar-refractivity contribution is 8.00. The van der Waals surface area contributed by atoms with Crippen LogP contribution in [0.3, 0.4) is 0 Å². The Morgan fingerprint density at radius 3 is 2.76 bits per heavy atom. The van der Waals surface area contributed by atoms with Gasteiger partial charge in [-0.15, -0.1) is 0 Å². The molecule has 2 N–H and O–H groups in total. The molecule has 6 heteroatoms. The third kappa shape index (κ3) is 5.59. The van der Waals surface area contributed by atoms with Gasteiger partial charge in [-0.2, -0.15) is 11.8 Å². The van der Waals surface area contributed by atoms with Crippen molar-refractivity contribution in [2.24, 2.45) is 5.73 Å². The molecule has 102 valence electrons. The molecule has 2 atom stereocenters. The zero-order valence-electron chi connectivity index (χ0n) is 10.8. The minimum atomic E-state index is -2.95. The lowest BCUT2D eigenvalue weighted by Gasteiger charge is -2.33. The smallest absolute Gasteiger partial charge is 0.164 e. The van der Waals surface area contributed by atoms with Gasteiger partial charge in [0.25, 0.3) is 0 Å². The quantitative estimate of drug-likeness (QED) is 0.733. The van der Waals surface area contributed by atoms with E-state index in [0.29, 0.717) is 5.75 Å². The van der Waals surface area contributed by atoms with Crippen LogP contribution in [0, 0.1) is 0 Å². The highest BCUT2D eigenvalue weighted by Crippen LogP contribution is 2.20. The van der Waals surface area contributed by atoms with Crippen molar-refractivity contribution in [3.63, 3.8) is 0 Å². The molecule has 1 saturated heterocycles. The fourth-order valence-electron chi connectivity index (χ4n) is 2.05. The average molecular weight is 280 g/mol. The van der Waals surface area contributed by atoms with Gasteiger partial charge in [-0.25, -0.2) is 8.42 Å². The molecule has 17 heavy (non-hydrogen) atoms. The lowest BCUT2D eigenvalue weighted by atomic mass is 10.1. The Hall–Kier alpha value is 0.220. The number of thioether (sulfide) groups is 1. The Bertz CT molecular complexity index is 317. The van der Waals surface area contributed by atoms with Crippen LogP contribution in [0.25, 0.3) is 0 Å². The predicted octanol–water partition coefficient (Wildman–Crippen LogP) is 0.923. The van der Waals surface area contributed by atoms with Crippen LogP contribution in [0.5, 0.6) is 0 Å². The van der Waals surface area contributed by atoms with E-state index in [1.165, 1.54) is 6.26 Å². The van der Waals surface area contributed by atoms with Crippen LogP contribution in [-0.4, -0.2) is 55.6 Å². The minimum absolute atomic E-state index is 0.248. The molecule has 1 aliphatic rings. The fraction of sp³-hybridized carbons (Fsp3) is 1.00. The summed E-state index contributed by atoms with van der Waals surface area (Å²) in [7, 11) is -2.95. The monoisotopic (exact) mass is 280 g/mol. The van der Waals surface area contributed by atoms with Crippen LogP contribution in [0.4, 0.5) is 0 Å². The number of hydrogen-bond acceptors (Lipinski definition) is 5. The van der Waals surface area contributed by atoms with Crippen LogP contribution in [0.15, 0.2) is 0 Å². The van der Waals surface area contributed by atoms with Crippen molar-refractivity contribution in [1.29, 1.82) is 0 Å². The summed E-state index contributed by atoms with van der Waals surface area (Å²) >= 11 is 1.74. The minimum Gasteiger partial charge on any atom is -0.328 e. The highest BCUT2D eigenvalue weighted by atomic mass is 32.2. The largest absolute Gasteiger partial charge is 0.328 e. The van der Waals surface area contributed by atoms with Crippen molar-refractivity contribution < 1.29 is 8.42 Å². The van der Waals surface area contributed by atoms with Crippen molar-refractivity contribution in [3.05, 3.63) is 0 Å². The number of nitrogens with two attached hydrogens (primary N) is 1. The van der Waals surface area contributed by atoms with Gasteiger partial charge in [0.1, 0.15) is 5.37 Å². The standard InChI is InChI=1S/C11H24N2O2S2/c1-10(12)5-3-4-6-13-7-8-16-9-11(13)17(2,14)15/h10-11H,3-9,12H2,1-2H3. The lowest BCUT2D eigenvalue weighted by Crippen LogP contribution is -2.47. The van der Waals surface area contributed by atoms with Gasteiger partial charge in [-0.05, 0) is 26.3 Å². The average Bonchev–Trinajstić information content (AvgIpc) is 2.23. The molecule has 0 aromatic heterocycles. The number of unbranched alkanes of at least 4 members (excludes halogenated alkanes) is 1. The molecular formula is C11H24N2O2S2. The maximum absolute atomic E-state index is 11.7. The summed E-state index contributed by atoms with van der Waals surface area (Å²) in [5.74, 6) is 1.76. The van der Waals surface area contributed by atoms with E-state index in [9.17, 15) is 8.42 Å². The highest BCUT2D eigenvalue weighted by Gasteiger charge is 2.30.